The number of ether oxygens (including phenoxy) is 1. The second kappa shape index (κ2) is 14.8. The lowest BCUT2D eigenvalue weighted by Crippen LogP contribution is -2.58. The first-order valence-corrected chi connectivity index (χ1v) is 11.0. The smallest absolute Gasteiger partial charge is 0.331 e. The first-order valence-electron chi connectivity index (χ1n) is 11.0. The zero-order chi connectivity index (χ0) is 23.2. The SMILES string of the molecule is CCCCCCCCC(=O)NC(CC(C)C)C(=O)NC(C)(CCC(=O)O)C(=O)OC. The zero-order valence-corrected chi connectivity index (χ0v) is 19.2. The maximum Gasteiger partial charge on any atom is 0.331 e. The van der Waals surface area contributed by atoms with Crippen LogP contribution >= 0.6 is 0 Å². The highest BCUT2D eigenvalue weighted by Gasteiger charge is 2.38. The number of nitrogens with one attached hydrogen (secondary N) is 2. The minimum atomic E-state index is -1.48. The van der Waals surface area contributed by atoms with Crippen LogP contribution in [0.15, 0.2) is 0 Å². The summed E-state index contributed by atoms with van der Waals surface area (Å²) in [6.45, 7) is 7.46. The molecule has 0 saturated carbocycles. The van der Waals surface area contributed by atoms with Crippen LogP contribution in [0, 0.1) is 5.92 Å². The molecule has 0 bridgehead atoms. The number of hydrogen-bond donors (Lipinski definition) is 3. The Morgan fingerprint density at radius 2 is 1.60 bits per heavy atom. The van der Waals surface area contributed by atoms with E-state index in [4.69, 9.17) is 9.84 Å². The Bertz CT molecular complexity index is 564. The summed E-state index contributed by atoms with van der Waals surface area (Å²) < 4.78 is 4.75. The Morgan fingerprint density at radius 3 is 2.13 bits per heavy atom. The van der Waals surface area contributed by atoms with E-state index in [0.717, 1.165) is 19.3 Å². The molecule has 30 heavy (non-hydrogen) atoms. The van der Waals surface area contributed by atoms with Crippen molar-refractivity contribution in [2.24, 2.45) is 5.92 Å². The van der Waals surface area contributed by atoms with E-state index in [-0.39, 0.29) is 24.7 Å². The number of hydrogen-bond acceptors (Lipinski definition) is 5. The van der Waals surface area contributed by atoms with Gasteiger partial charge in [-0.25, -0.2) is 4.79 Å². The number of esters is 1. The highest BCUT2D eigenvalue weighted by atomic mass is 16.5. The standard InChI is InChI=1S/C22H40N2O6/c1-6-7-8-9-10-11-12-18(25)23-17(15-16(2)3)20(28)24-22(4,21(29)30-5)14-13-19(26)27/h16-17H,6-15H2,1-5H3,(H,23,25)(H,24,28)(H,26,27). The van der Waals surface area contributed by atoms with Gasteiger partial charge in [0.05, 0.1) is 7.11 Å². The molecule has 0 radical (unpaired) electrons. The van der Waals surface area contributed by atoms with E-state index in [2.05, 4.69) is 17.6 Å². The second-order valence-electron chi connectivity index (χ2n) is 8.47. The first kappa shape index (κ1) is 27.9. The van der Waals surface area contributed by atoms with Crippen molar-refractivity contribution in [2.45, 2.75) is 103 Å². The van der Waals surface area contributed by atoms with E-state index in [0.29, 0.717) is 12.8 Å². The van der Waals surface area contributed by atoms with Gasteiger partial charge >= 0.3 is 11.9 Å². The molecule has 174 valence electrons. The molecule has 3 N–H and O–H groups in total. The van der Waals surface area contributed by atoms with Gasteiger partial charge < -0.3 is 20.5 Å². The van der Waals surface area contributed by atoms with E-state index in [1.807, 2.05) is 13.8 Å². The molecule has 8 nitrogen and oxygen atoms in total. The fourth-order valence-electron chi connectivity index (χ4n) is 3.19. The summed E-state index contributed by atoms with van der Waals surface area (Å²) in [6, 6.07) is -0.800. The van der Waals surface area contributed by atoms with Gasteiger partial charge in [0.2, 0.25) is 11.8 Å². The normalized spacial score (nSPS) is 13.9. The molecule has 0 aromatic heterocycles. The quantitative estimate of drug-likeness (QED) is 0.256. The van der Waals surface area contributed by atoms with Gasteiger partial charge in [0.1, 0.15) is 11.6 Å². The third kappa shape index (κ3) is 11.8. The van der Waals surface area contributed by atoms with Gasteiger partial charge in [-0.3, -0.25) is 14.4 Å². The summed E-state index contributed by atoms with van der Waals surface area (Å²) in [7, 11) is 1.18. The minimum absolute atomic E-state index is 0.110. The lowest BCUT2D eigenvalue weighted by atomic mass is 9.94. The number of methoxy groups -OCH3 is 1. The van der Waals surface area contributed by atoms with Crippen LogP contribution in [-0.4, -0.2) is 47.6 Å². The van der Waals surface area contributed by atoms with Crippen LogP contribution in [0.4, 0.5) is 0 Å². The molecular formula is C22H40N2O6. The molecule has 2 unspecified atom stereocenters. The number of carboxylic acid groups (broad SMARTS) is 1. The number of carboxylic acids is 1. The summed E-state index contributed by atoms with van der Waals surface area (Å²) in [6.07, 6.45) is 6.72. The monoisotopic (exact) mass is 428 g/mol. The molecular weight excluding hydrogens is 388 g/mol. The van der Waals surface area contributed by atoms with Crippen molar-refractivity contribution >= 4 is 23.8 Å². The average molecular weight is 429 g/mol. The summed E-state index contributed by atoms with van der Waals surface area (Å²) in [5.41, 5.74) is -1.48. The highest BCUT2D eigenvalue weighted by molar-refractivity contribution is 5.92. The summed E-state index contributed by atoms with van der Waals surface area (Å²) >= 11 is 0. The van der Waals surface area contributed by atoms with Crippen molar-refractivity contribution in [1.29, 1.82) is 0 Å². The maximum atomic E-state index is 12.9. The summed E-state index contributed by atoms with van der Waals surface area (Å²) in [5.74, 6) is -2.38. The third-order valence-corrected chi connectivity index (χ3v) is 4.99. The van der Waals surface area contributed by atoms with E-state index in [1.165, 1.54) is 33.3 Å². The van der Waals surface area contributed by atoms with Crippen molar-refractivity contribution in [3.63, 3.8) is 0 Å². The van der Waals surface area contributed by atoms with Gasteiger partial charge in [0.25, 0.3) is 0 Å². The number of aliphatic carboxylic acids is 1. The van der Waals surface area contributed by atoms with E-state index in [9.17, 15) is 19.2 Å². The molecule has 0 aliphatic rings. The molecule has 0 spiro atoms. The number of unbranched alkanes of at least 4 members (excludes halogenated alkanes) is 5. The number of carbonyl (C=O) groups is 4. The van der Waals surface area contributed by atoms with Crippen LogP contribution in [0.3, 0.4) is 0 Å². The van der Waals surface area contributed by atoms with Gasteiger partial charge in [0.15, 0.2) is 0 Å². The number of rotatable bonds is 16. The van der Waals surface area contributed by atoms with E-state index >= 15 is 0 Å². The highest BCUT2D eigenvalue weighted by Crippen LogP contribution is 2.16. The second-order valence-corrected chi connectivity index (χ2v) is 8.47. The van der Waals surface area contributed by atoms with Gasteiger partial charge in [-0.2, -0.15) is 0 Å². The van der Waals surface area contributed by atoms with E-state index in [1.54, 1.807) is 0 Å². The molecule has 0 heterocycles. The fourth-order valence-corrected chi connectivity index (χ4v) is 3.19. The zero-order valence-electron chi connectivity index (χ0n) is 19.2. The molecule has 0 rings (SSSR count). The van der Waals surface area contributed by atoms with Crippen LogP contribution in [0.2, 0.25) is 0 Å². The van der Waals surface area contributed by atoms with Crippen LogP contribution in [-0.2, 0) is 23.9 Å². The number of amides is 2. The molecule has 8 heteroatoms. The van der Waals surface area contributed by atoms with Crippen molar-refractivity contribution in [1.82, 2.24) is 10.6 Å². The average Bonchev–Trinajstić information content (AvgIpc) is 2.67. The predicted molar refractivity (Wildman–Crippen MR) is 115 cm³/mol. The maximum absolute atomic E-state index is 12.9. The largest absolute Gasteiger partial charge is 0.481 e. The third-order valence-electron chi connectivity index (χ3n) is 4.99. The lowest BCUT2D eigenvalue weighted by Gasteiger charge is -2.30. The molecule has 0 saturated heterocycles. The van der Waals surface area contributed by atoms with Crippen molar-refractivity contribution in [3.8, 4) is 0 Å². The lowest BCUT2D eigenvalue weighted by molar-refractivity contribution is -0.151. The Balaban J connectivity index is 4.95. The molecule has 0 aromatic carbocycles. The molecule has 2 atom stereocenters. The van der Waals surface area contributed by atoms with Gasteiger partial charge in [-0.1, -0.05) is 52.9 Å². The van der Waals surface area contributed by atoms with Gasteiger partial charge in [0, 0.05) is 12.8 Å². The van der Waals surface area contributed by atoms with Gasteiger partial charge in [-0.15, -0.1) is 0 Å². The van der Waals surface area contributed by atoms with Gasteiger partial charge in [-0.05, 0) is 32.1 Å². The van der Waals surface area contributed by atoms with Crippen molar-refractivity contribution in [3.05, 3.63) is 0 Å². The van der Waals surface area contributed by atoms with Crippen LogP contribution in [0.25, 0.3) is 0 Å². The predicted octanol–water partition coefficient (Wildman–Crippen LogP) is 3.18. The van der Waals surface area contributed by atoms with Crippen LogP contribution in [0.1, 0.15) is 91.9 Å². The van der Waals surface area contributed by atoms with Crippen LogP contribution in [0.5, 0.6) is 0 Å². The molecule has 0 aromatic rings. The molecule has 0 fully saturated rings. The Kier molecular flexibility index (Phi) is 13.8. The van der Waals surface area contributed by atoms with Crippen molar-refractivity contribution in [2.75, 3.05) is 7.11 Å². The van der Waals surface area contributed by atoms with E-state index < -0.39 is 29.4 Å². The topological polar surface area (TPSA) is 122 Å². The summed E-state index contributed by atoms with van der Waals surface area (Å²) in [4.78, 5) is 48.3. The first-order chi connectivity index (χ1) is 14.1. The Labute approximate surface area is 180 Å². The molecule has 0 aliphatic carbocycles. The minimum Gasteiger partial charge on any atom is -0.481 e. The molecule has 2 amide bonds. The van der Waals surface area contributed by atoms with Crippen LogP contribution < -0.4 is 10.6 Å². The van der Waals surface area contributed by atoms with Crippen molar-refractivity contribution < 1.29 is 29.0 Å². The Morgan fingerprint density at radius 1 is 1.00 bits per heavy atom. The summed E-state index contributed by atoms with van der Waals surface area (Å²) in [5, 5.41) is 14.3. The molecule has 0 aliphatic heterocycles. The Hall–Kier alpha value is -2.12. The fraction of sp³-hybridized carbons (Fsp3) is 0.818. The number of carbonyl (C=O) groups excluding carboxylic acids is 3.